The van der Waals surface area contributed by atoms with Crippen LogP contribution in [0.25, 0.3) is 0 Å². The van der Waals surface area contributed by atoms with Crippen LogP contribution in [0.5, 0.6) is 0 Å². The average Bonchev–Trinajstić information content (AvgIpc) is 2.49. The smallest absolute Gasteiger partial charge is 0.200 e. The number of unbranched alkanes of at least 4 members (excludes halogenated alkanes) is 15. The molecule has 3 nitrogen and oxygen atoms in total. The summed E-state index contributed by atoms with van der Waals surface area (Å²) in [5, 5.41) is 0. The Balaban J connectivity index is 0. The van der Waals surface area contributed by atoms with Crippen molar-refractivity contribution in [1.29, 1.82) is 0 Å². The molecule has 6 heteroatoms. The zero-order valence-corrected chi connectivity index (χ0v) is 17.7. The highest BCUT2D eigenvalue weighted by Crippen LogP contribution is 2.35. The van der Waals surface area contributed by atoms with Gasteiger partial charge in [-0.05, 0) is 18.2 Å². The Labute approximate surface area is 157 Å². The van der Waals surface area contributed by atoms with Gasteiger partial charge < -0.3 is 15.6 Å². The van der Waals surface area contributed by atoms with Crippen molar-refractivity contribution in [3.8, 4) is 0 Å². The van der Waals surface area contributed by atoms with E-state index in [0.29, 0.717) is 6.61 Å². The molecular weight excluding hydrogens is 336 g/mol. The first-order chi connectivity index (χ1) is 11.1. The van der Waals surface area contributed by atoms with Gasteiger partial charge >= 0.3 is 0 Å². The van der Waals surface area contributed by atoms with Gasteiger partial charge in [0.15, 0.2) is 7.57 Å². The topological polar surface area (TPSA) is 64.5 Å². The minimum Gasteiger partial charge on any atom is -0.353 e. The molecule has 1 unspecified atom stereocenters. The molecule has 0 spiro atoms. The molecule has 0 aromatic heterocycles. The molecule has 24 heavy (non-hydrogen) atoms. The highest BCUT2D eigenvalue weighted by Gasteiger charge is 2.02. The summed E-state index contributed by atoms with van der Waals surface area (Å²) in [5.74, 6) is 0. The lowest BCUT2D eigenvalue weighted by Crippen LogP contribution is -1.92. The Hall–Kier alpha value is 0.595. The van der Waals surface area contributed by atoms with Crippen molar-refractivity contribution in [1.82, 2.24) is 6.15 Å². The molecule has 144 valence electrons. The van der Waals surface area contributed by atoms with E-state index in [9.17, 15) is 0 Å². The minimum atomic E-state index is -2.92. The summed E-state index contributed by atoms with van der Waals surface area (Å²) in [5.41, 5.74) is 0. The van der Waals surface area contributed by atoms with Gasteiger partial charge in [-0.3, -0.25) is 0 Å². The van der Waals surface area contributed by atoms with Gasteiger partial charge in [0.1, 0.15) is 6.37 Å². The third-order valence-electron chi connectivity index (χ3n) is 4.27. The SMILES string of the molecule is N.[B]P(O)(=S)OCCCCCCCCCCCCCCCCCC. The zero-order valence-electron chi connectivity index (χ0n) is 16.0. The molecule has 0 bridgehead atoms. The van der Waals surface area contributed by atoms with E-state index in [4.69, 9.17) is 17.0 Å². The summed E-state index contributed by atoms with van der Waals surface area (Å²) in [6.45, 7) is 2.78. The van der Waals surface area contributed by atoms with E-state index in [0.717, 1.165) is 12.8 Å². The van der Waals surface area contributed by atoms with Crippen LogP contribution in [0.1, 0.15) is 110 Å². The van der Waals surface area contributed by atoms with Crippen molar-refractivity contribution in [2.24, 2.45) is 0 Å². The van der Waals surface area contributed by atoms with Gasteiger partial charge in [-0.1, -0.05) is 103 Å². The molecule has 0 aliphatic heterocycles. The lowest BCUT2D eigenvalue weighted by atomic mass is 10.0. The normalized spacial score (nSPS) is 13.4. The molecule has 0 saturated carbocycles. The van der Waals surface area contributed by atoms with Crippen LogP contribution in [0.15, 0.2) is 0 Å². The second-order valence-corrected chi connectivity index (χ2v) is 9.66. The van der Waals surface area contributed by atoms with Gasteiger partial charge in [-0.15, -0.1) is 0 Å². The van der Waals surface area contributed by atoms with Crippen LogP contribution in [-0.2, 0) is 16.3 Å². The van der Waals surface area contributed by atoms with Gasteiger partial charge in [-0.2, -0.15) is 0 Å². The first-order valence-electron chi connectivity index (χ1n) is 9.82. The highest BCUT2D eigenvalue weighted by molar-refractivity contribution is 8.20. The van der Waals surface area contributed by atoms with Crippen molar-refractivity contribution in [3.63, 3.8) is 0 Å². The van der Waals surface area contributed by atoms with E-state index in [-0.39, 0.29) is 6.15 Å². The zero-order chi connectivity index (χ0) is 17.2. The maximum atomic E-state index is 9.12. The maximum Gasteiger partial charge on any atom is 0.200 e. The van der Waals surface area contributed by atoms with Crippen LogP contribution in [0.2, 0.25) is 0 Å². The van der Waals surface area contributed by atoms with Crippen LogP contribution in [0, 0.1) is 0 Å². The summed E-state index contributed by atoms with van der Waals surface area (Å²) < 4.78 is 5.01. The molecule has 0 saturated heterocycles. The van der Waals surface area contributed by atoms with Crippen molar-refractivity contribution < 1.29 is 9.42 Å². The predicted molar refractivity (Wildman–Crippen MR) is 113 cm³/mol. The largest absolute Gasteiger partial charge is 0.353 e. The predicted octanol–water partition coefficient (Wildman–Crippen LogP) is 6.81. The quantitative estimate of drug-likeness (QED) is 0.156. The Kier molecular flexibility index (Phi) is 22.3. The Morgan fingerprint density at radius 1 is 0.708 bits per heavy atom. The van der Waals surface area contributed by atoms with E-state index in [1.807, 2.05) is 0 Å². The van der Waals surface area contributed by atoms with Crippen molar-refractivity contribution >= 4 is 25.7 Å². The number of rotatable bonds is 18. The molecular formula is C18H41BNO2PS. The maximum absolute atomic E-state index is 9.12. The van der Waals surface area contributed by atoms with Crippen LogP contribution < -0.4 is 6.15 Å². The van der Waals surface area contributed by atoms with E-state index in [1.54, 1.807) is 0 Å². The van der Waals surface area contributed by atoms with Crippen molar-refractivity contribution in [2.45, 2.75) is 110 Å². The monoisotopic (exact) mass is 377 g/mol. The lowest BCUT2D eigenvalue weighted by Gasteiger charge is -2.10. The summed E-state index contributed by atoms with van der Waals surface area (Å²) >= 11 is 4.62. The number of hydrogen-bond donors (Lipinski definition) is 2. The third-order valence-corrected chi connectivity index (χ3v) is 5.14. The molecule has 0 aromatic carbocycles. The van der Waals surface area contributed by atoms with Gasteiger partial charge in [-0.25, -0.2) is 0 Å². The van der Waals surface area contributed by atoms with Crippen molar-refractivity contribution in [2.75, 3.05) is 6.61 Å². The van der Waals surface area contributed by atoms with E-state index in [1.165, 1.54) is 89.9 Å². The summed E-state index contributed by atoms with van der Waals surface area (Å²) in [4.78, 5) is 9.12. The summed E-state index contributed by atoms with van der Waals surface area (Å²) in [6, 6.07) is 0. The van der Waals surface area contributed by atoms with E-state index < -0.39 is 6.37 Å². The summed E-state index contributed by atoms with van der Waals surface area (Å²) in [6.07, 6.45) is 18.7. The van der Waals surface area contributed by atoms with Gasteiger partial charge in [0, 0.05) is 0 Å². The van der Waals surface area contributed by atoms with Crippen molar-refractivity contribution in [3.05, 3.63) is 0 Å². The molecule has 0 heterocycles. The molecule has 0 fully saturated rings. The molecule has 0 amide bonds. The van der Waals surface area contributed by atoms with Gasteiger partial charge in [0.05, 0.1) is 6.61 Å². The summed E-state index contributed by atoms with van der Waals surface area (Å²) in [7, 11) is 5.26. The standard InChI is InChI=1S/C18H38BO2PS.H3N/c1-2-3-4-5-6-7-8-9-10-11-12-13-14-15-16-17-18-21-22(19,20)23;/h2-18H2,1H3,(H,20,23);1H3. The molecule has 0 rings (SSSR count). The van der Waals surface area contributed by atoms with Crippen LogP contribution in [-0.4, -0.2) is 19.1 Å². The molecule has 0 aliphatic rings. The molecule has 1 atom stereocenters. The first kappa shape index (κ1) is 26.8. The minimum absolute atomic E-state index is 0. The van der Waals surface area contributed by atoms with Crippen LogP contribution in [0.4, 0.5) is 0 Å². The Morgan fingerprint density at radius 3 is 1.29 bits per heavy atom. The van der Waals surface area contributed by atoms with Gasteiger partial charge in [0.25, 0.3) is 0 Å². The van der Waals surface area contributed by atoms with Crippen LogP contribution in [0.3, 0.4) is 0 Å². The molecule has 0 aliphatic carbocycles. The Morgan fingerprint density at radius 2 is 1.00 bits per heavy atom. The van der Waals surface area contributed by atoms with E-state index in [2.05, 4.69) is 18.7 Å². The fourth-order valence-corrected chi connectivity index (χ4v) is 3.46. The second kappa shape index (κ2) is 19.9. The lowest BCUT2D eigenvalue weighted by molar-refractivity contribution is 0.306. The second-order valence-electron chi connectivity index (χ2n) is 6.70. The molecule has 0 aromatic rings. The molecule has 2 radical (unpaired) electrons. The highest BCUT2D eigenvalue weighted by atomic mass is 32.4. The first-order valence-corrected chi connectivity index (χ1v) is 12.6. The third kappa shape index (κ3) is 24.8. The molecule has 4 N–H and O–H groups in total. The van der Waals surface area contributed by atoms with E-state index >= 15 is 0 Å². The van der Waals surface area contributed by atoms with Crippen LogP contribution >= 0.6 is 6.37 Å². The fraction of sp³-hybridized carbons (Fsp3) is 1.00. The number of hydrogen-bond acceptors (Lipinski definition) is 3. The Bertz CT molecular complexity index is 290. The fourth-order valence-electron chi connectivity index (χ4n) is 2.85. The average molecular weight is 377 g/mol. The van der Waals surface area contributed by atoms with Gasteiger partial charge in [0.2, 0.25) is 0 Å².